The number of hydrogen-bond acceptors (Lipinski definition) is 5. The first-order valence-electron chi connectivity index (χ1n) is 10.2. The number of carbonyl (C=O) groups is 2. The zero-order chi connectivity index (χ0) is 22.5. The fourth-order valence-electron chi connectivity index (χ4n) is 3.40. The quantitative estimate of drug-likeness (QED) is 0.296. The maximum atomic E-state index is 11.5. The van der Waals surface area contributed by atoms with Crippen LogP contribution in [0.25, 0.3) is 21.6 Å². The minimum Gasteiger partial charge on any atom is -0.546 e. The van der Waals surface area contributed by atoms with Gasteiger partial charge >= 0.3 is 29.6 Å². The van der Waals surface area contributed by atoms with Crippen LogP contribution in [0.15, 0.2) is 91.0 Å². The average molecular weight is 465 g/mol. The summed E-state index contributed by atoms with van der Waals surface area (Å²) in [6, 6.07) is 28.6. The second-order valence-corrected chi connectivity index (χ2v) is 8.52. The topological polar surface area (TPSA) is 66.4 Å². The van der Waals surface area contributed by atoms with Crippen LogP contribution in [-0.2, 0) is 11.2 Å². The summed E-state index contributed by atoms with van der Waals surface area (Å²) in [5.74, 6) is -0.689. The van der Waals surface area contributed by atoms with Crippen LogP contribution in [0.2, 0.25) is 0 Å². The Morgan fingerprint density at radius 1 is 0.818 bits per heavy atom. The zero-order valence-electron chi connectivity index (χ0n) is 18.5. The number of Topliss-reactive ketones (excluding diaryl/α,β-unsaturated/α-hetero) is 1. The molecule has 0 N–H and O–H groups in total. The van der Waals surface area contributed by atoms with Crippen molar-refractivity contribution in [1.82, 2.24) is 0 Å². The number of aliphatic carboxylic acids is 1. The number of ketones is 1. The van der Waals surface area contributed by atoms with E-state index in [-0.39, 0.29) is 41.8 Å². The summed E-state index contributed by atoms with van der Waals surface area (Å²) in [6.45, 7) is 1.57. The molecule has 6 heteroatoms. The fourth-order valence-corrected chi connectivity index (χ4v) is 4.31. The number of carboxylic acid groups (broad SMARTS) is 1. The van der Waals surface area contributed by atoms with Gasteiger partial charge in [-0.15, -0.1) is 11.3 Å². The van der Waals surface area contributed by atoms with E-state index in [2.05, 4.69) is 0 Å². The van der Waals surface area contributed by atoms with Crippen molar-refractivity contribution in [2.24, 2.45) is 0 Å². The molecule has 4 aromatic rings. The second-order valence-electron chi connectivity index (χ2n) is 7.44. The van der Waals surface area contributed by atoms with Crippen LogP contribution in [0.3, 0.4) is 0 Å². The second kappa shape index (κ2) is 11.4. The largest absolute Gasteiger partial charge is 1.00 e. The van der Waals surface area contributed by atoms with Crippen molar-refractivity contribution in [2.45, 2.75) is 19.4 Å². The first-order valence-corrected chi connectivity index (χ1v) is 11.0. The van der Waals surface area contributed by atoms with Crippen molar-refractivity contribution in [3.63, 3.8) is 0 Å². The Hall–Kier alpha value is -2.70. The van der Waals surface area contributed by atoms with Gasteiger partial charge in [-0.2, -0.15) is 0 Å². The summed E-state index contributed by atoms with van der Waals surface area (Å²) < 4.78 is 5.68. The van der Waals surface area contributed by atoms with Crippen LogP contribution >= 0.6 is 11.3 Å². The summed E-state index contributed by atoms with van der Waals surface area (Å²) in [6.07, 6.45) is -0.825. The third-order valence-electron chi connectivity index (χ3n) is 5.12. The van der Waals surface area contributed by atoms with Crippen LogP contribution < -0.4 is 39.4 Å². The maximum absolute atomic E-state index is 11.5. The Bertz CT molecular complexity index is 1220. The predicted molar refractivity (Wildman–Crippen MR) is 125 cm³/mol. The van der Waals surface area contributed by atoms with Crippen molar-refractivity contribution in [2.75, 3.05) is 0 Å². The van der Waals surface area contributed by atoms with E-state index < -0.39 is 12.1 Å². The number of hydrogen-bond donors (Lipinski definition) is 0. The van der Waals surface area contributed by atoms with Crippen molar-refractivity contribution in [3.05, 3.63) is 101 Å². The van der Waals surface area contributed by atoms with Crippen LogP contribution in [0, 0.1) is 0 Å². The minimum atomic E-state index is -1.24. The Balaban J connectivity index is 0.00000306. The van der Waals surface area contributed by atoms with Gasteiger partial charge in [-0.3, -0.25) is 4.79 Å². The van der Waals surface area contributed by atoms with Gasteiger partial charge in [0.2, 0.25) is 0 Å². The SMILES string of the molecule is CC(=O)c1ccc(-c2ccc(-c3ccc(O[C@@H](Cc4ccccc4)C(=O)[O-])cc3)cc2)s1.[Na+]. The summed E-state index contributed by atoms with van der Waals surface area (Å²) >= 11 is 1.49. The van der Waals surface area contributed by atoms with Gasteiger partial charge in [0.15, 0.2) is 5.78 Å². The monoisotopic (exact) mass is 464 g/mol. The van der Waals surface area contributed by atoms with Crippen LogP contribution in [0.1, 0.15) is 22.2 Å². The molecule has 0 saturated carbocycles. The van der Waals surface area contributed by atoms with Crippen molar-refractivity contribution >= 4 is 23.1 Å². The van der Waals surface area contributed by atoms with Crippen molar-refractivity contribution in [3.8, 4) is 27.3 Å². The molecule has 0 radical (unpaired) electrons. The third-order valence-corrected chi connectivity index (χ3v) is 6.35. The molecule has 0 fully saturated rings. The Morgan fingerprint density at radius 3 is 1.94 bits per heavy atom. The van der Waals surface area contributed by atoms with E-state index in [9.17, 15) is 14.7 Å². The van der Waals surface area contributed by atoms with E-state index >= 15 is 0 Å². The Labute approximate surface area is 219 Å². The number of carbonyl (C=O) groups excluding carboxylic acids is 2. The van der Waals surface area contributed by atoms with Crippen molar-refractivity contribution < 1.29 is 49.0 Å². The van der Waals surface area contributed by atoms with Crippen LogP contribution in [-0.4, -0.2) is 17.9 Å². The molecule has 4 rings (SSSR count). The standard InChI is InChI=1S/C27H22O4S.Na/c1-18(28)25-15-16-26(32-25)22-9-7-20(8-10-22)21-11-13-23(14-12-21)31-24(27(29)30)17-19-5-3-2-4-6-19;/h2-16,24H,17H2,1H3,(H,29,30);/q;+1/p-1/t24-;/m0./s1. The molecular weight excluding hydrogens is 443 g/mol. The van der Waals surface area contributed by atoms with Crippen LogP contribution in [0.5, 0.6) is 5.75 Å². The van der Waals surface area contributed by atoms with E-state index in [0.717, 1.165) is 32.0 Å². The molecule has 4 nitrogen and oxygen atoms in total. The van der Waals surface area contributed by atoms with Gasteiger partial charge in [0.25, 0.3) is 0 Å². The first-order chi connectivity index (χ1) is 15.5. The number of ether oxygens (including phenoxy) is 1. The Morgan fingerprint density at radius 2 is 1.39 bits per heavy atom. The van der Waals surface area contributed by atoms with Gasteiger partial charge in [0.05, 0.1) is 10.8 Å². The van der Waals surface area contributed by atoms with Gasteiger partial charge in [0.1, 0.15) is 11.9 Å². The van der Waals surface area contributed by atoms with Gasteiger partial charge in [-0.05, 0) is 53.4 Å². The molecule has 0 aliphatic carbocycles. The summed E-state index contributed by atoms with van der Waals surface area (Å²) in [7, 11) is 0. The minimum absolute atomic E-state index is 0. The molecule has 0 aliphatic heterocycles. The average Bonchev–Trinajstić information content (AvgIpc) is 3.31. The molecule has 0 spiro atoms. The van der Waals surface area contributed by atoms with E-state index in [0.29, 0.717) is 5.75 Å². The smallest absolute Gasteiger partial charge is 0.546 e. The van der Waals surface area contributed by atoms with Crippen molar-refractivity contribution in [1.29, 1.82) is 0 Å². The number of thiophene rings is 1. The molecular formula is C27H21NaO4S. The summed E-state index contributed by atoms with van der Waals surface area (Å²) in [5.41, 5.74) is 3.96. The number of rotatable bonds is 8. The number of benzene rings is 3. The van der Waals surface area contributed by atoms with Gasteiger partial charge in [-0.1, -0.05) is 66.7 Å². The molecule has 33 heavy (non-hydrogen) atoms. The Kier molecular flexibility index (Phi) is 8.64. The maximum Gasteiger partial charge on any atom is 1.00 e. The molecule has 0 saturated heterocycles. The summed E-state index contributed by atoms with van der Waals surface area (Å²) in [5, 5.41) is 11.5. The zero-order valence-corrected chi connectivity index (χ0v) is 21.3. The fraction of sp³-hybridized carbons (Fsp3) is 0.111. The molecule has 1 aromatic heterocycles. The molecule has 0 unspecified atom stereocenters. The van der Waals surface area contributed by atoms with E-state index in [1.807, 2.05) is 78.9 Å². The van der Waals surface area contributed by atoms with Gasteiger partial charge in [-0.25, -0.2) is 0 Å². The number of carboxylic acids is 1. The summed E-state index contributed by atoms with van der Waals surface area (Å²) in [4.78, 5) is 24.9. The van der Waals surface area contributed by atoms with Gasteiger partial charge in [0, 0.05) is 11.3 Å². The predicted octanol–water partition coefficient (Wildman–Crippen LogP) is 2.03. The van der Waals surface area contributed by atoms with E-state index in [1.165, 1.54) is 11.3 Å². The molecule has 1 atom stereocenters. The molecule has 1 heterocycles. The first kappa shape index (κ1) is 24.9. The third kappa shape index (κ3) is 6.42. The molecule has 160 valence electrons. The van der Waals surface area contributed by atoms with Crippen LogP contribution in [0.4, 0.5) is 0 Å². The molecule has 0 aliphatic rings. The molecule has 0 bridgehead atoms. The molecule has 0 amide bonds. The van der Waals surface area contributed by atoms with E-state index in [4.69, 9.17) is 4.74 Å². The molecule has 3 aromatic carbocycles. The van der Waals surface area contributed by atoms with Gasteiger partial charge < -0.3 is 14.6 Å². The van der Waals surface area contributed by atoms with E-state index in [1.54, 1.807) is 19.1 Å². The normalized spacial score (nSPS) is 11.3.